The zero-order chi connectivity index (χ0) is 18.3. The van der Waals surface area contributed by atoms with Gasteiger partial charge in [-0.05, 0) is 53.0 Å². The van der Waals surface area contributed by atoms with Crippen LogP contribution in [0.15, 0.2) is 57.9 Å². The van der Waals surface area contributed by atoms with Gasteiger partial charge in [-0.3, -0.25) is 0 Å². The van der Waals surface area contributed by atoms with Crippen molar-refractivity contribution in [3.8, 4) is 5.75 Å². The van der Waals surface area contributed by atoms with Crippen molar-refractivity contribution in [3.63, 3.8) is 0 Å². The largest absolute Gasteiger partial charge is 0.496 e. The molecule has 0 bridgehead atoms. The summed E-state index contributed by atoms with van der Waals surface area (Å²) in [7, 11) is -2.02. The predicted molar refractivity (Wildman–Crippen MR) is 101 cm³/mol. The third-order valence-corrected chi connectivity index (χ3v) is 5.76. The SMILES string of the molecule is COc1ccc(S(=O)(=O)NCCCOC(C)c2ccccc2)cc1Br. The van der Waals surface area contributed by atoms with Crippen LogP contribution in [0.5, 0.6) is 5.75 Å². The van der Waals surface area contributed by atoms with E-state index in [0.29, 0.717) is 29.8 Å². The van der Waals surface area contributed by atoms with Gasteiger partial charge in [-0.1, -0.05) is 30.3 Å². The molecule has 7 heteroatoms. The van der Waals surface area contributed by atoms with Crippen molar-refractivity contribution >= 4 is 26.0 Å². The van der Waals surface area contributed by atoms with Crippen molar-refractivity contribution in [2.45, 2.75) is 24.3 Å². The molecule has 25 heavy (non-hydrogen) atoms. The van der Waals surface area contributed by atoms with E-state index in [9.17, 15) is 8.42 Å². The molecule has 0 heterocycles. The normalized spacial score (nSPS) is 12.8. The van der Waals surface area contributed by atoms with Gasteiger partial charge in [0, 0.05) is 13.2 Å². The number of hydrogen-bond donors (Lipinski definition) is 1. The van der Waals surface area contributed by atoms with E-state index in [-0.39, 0.29) is 11.0 Å². The van der Waals surface area contributed by atoms with Crippen LogP contribution >= 0.6 is 15.9 Å². The van der Waals surface area contributed by atoms with E-state index >= 15 is 0 Å². The van der Waals surface area contributed by atoms with Crippen LogP contribution < -0.4 is 9.46 Å². The lowest BCUT2D eigenvalue weighted by Crippen LogP contribution is -2.25. The minimum atomic E-state index is -3.55. The van der Waals surface area contributed by atoms with Gasteiger partial charge < -0.3 is 9.47 Å². The summed E-state index contributed by atoms with van der Waals surface area (Å²) in [6.07, 6.45) is 0.573. The Labute approximate surface area is 157 Å². The molecule has 136 valence electrons. The number of rotatable bonds is 9. The van der Waals surface area contributed by atoms with Crippen molar-refractivity contribution in [2.75, 3.05) is 20.3 Å². The lowest BCUT2D eigenvalue weighted by Gasteiger charge is -2.13. The molecule has 1 unspecified atom stereocenters. The average Bonchev–Trinajstić information content (AvgIpc) is 2.61. The summed E-state index contributed by atoms with van der Waals surface area (Å²) in [4.78, 5) is 0.193. The molecule has 0 radical (unpaired) electrons. The molecule has 1 N–H and O–H groups in total. The van der Waals surface area contributed by atoms with Crippen molar-refractivity contribution in [2.24, 2.45) is 0 Å². The van der Waals surface area contributed by atoms with E-state index in [2.05, 4.69) is 20.7 Å². The third-order valence-electron chi connectivity index (χ3n) is 3.68. The van der Waals surface area contributed by atoms with Gasteiger partial charge in [0.15, 0.2) is 0 Å². The quantitative estimate of drug-likeness (QED) is 0.616. The second-order valence-corrected chi connectivity index (χ2v) is 8.09. The van der Waals surface area contributed by atoms with Crippen LogP contribution in [0.4, 0.5) is 0 Å². The summed E-state index contributed by atoms with van der Waals surface area (Å²) < 4.78 is 38.6. The number of hydrogen-bond acceptors (Lipinski definition) is 4. The Balaban J connectivity index is 1.79. The van der Waals surface area contributed by atoms with Crippen LogP contribution in [0.2, 0.25) is 0 Å². The van der Waals surface area contributed by atoms with Crippen LogP contribution in [-0.2, 0) is 14.8 Å². The van der Waals surface area contributed by atoms with Crippen molar-refractivity contribution in [3.05, 3.63) is 58.6 Å². The molecule has 0 amide bonds. The number of nitrogens with one attached hydrogen (secondary N) is 1. The molecule has 0 spiro atoms. The second-order valence-electron chi connectivity index (χ2n) is 5.47. The molecular weight excluding hydrogens is 406 g/mol. The molecule has 0 saturated carbocycles. The number of methoxy groups -OCH3 is 1. The molecule has 2 rings (SSSR count). The Morgan fingerprint density at radius 1 is 1.16 bits per heavy atom. The lowest BCUT2D eigenvalue weighted by molar-refractivity contribution is 0.0647. The summed E-state index contributed by atoms with van der Waals surface area (Å²) in [5.74, 6) is 0.585. The van der Waals surface area contributed by atoms with Gasteiger partial charge in [0.05, 0.1) is 22.6 Å². The molecule has 2 aromatic rings. The molecule has 5 nitrogen and oxygen atoms in total. The monoisotopic (exact) mass is 427 g/mol. The van der Waals surface area contributed by atoms with Crippen LogP contribution in [0, 0.1) is 0 Å². The van der Waals surface area contributed by atoms with Gasteiger partial charge in [-0.2, -0.15) is 0 Å². The summed E-state index contributed by atoms with van der Waals surface area (Å²) in [6.45, 7) is 2.77. The highest BCUT2D eigenvalue weighted by atomic mass is 79.9. The molecule has 1 atom stereocenters. The van der Waals surface area contributed by atoms with Crippen LogP contribution in [0.3, 0.4) is 0 Å². The Kier molecular flexibility index (Phi) is 7.43. The smallest absolute Gasteiger partial charge is 0.240 e. The standard InChI is InChI=1S/C18H22BrNO4S/c1-14(15-7-4-3-5-8-15)24-12-6-11-20-25(21,22)16-9-10-18(23-2)17(19)13-16/h3-5,7-10,13-14,20H,6,11-12H2,1-2H3. The van der Waals surface area contributed by atoms with Crippen molar-refractivity contribution in [1.29, 1.82) is 0 Å². The first kappa shape index (κ1) is 19.9. The fourth-order valence-electron chi connectivity index (χ4n) is 2.26. The first-order valence-electron chi connectivity index (χ1n) is 7.94. The summed E-state index contributed by atoms with van der Waals surface area (Å²) in [5.41, 5.74) is 1.10. The molecule has 0 aliphatic rings. The van der Waals surface area contributed by atoms with E-state index in [0.717, 1.165) is 5.56 Å². The highest BCUT2D eigenvalue weighted by Gasteiger charge is 2.15. The Bertz CT molecular complexity index is 781. The molecule has 0 aliphatic carbocycles. The third kappa shape index (κ3) is 5.81. The van der Waals surface area contributed by atoms with E-state index < -0.39 is 10.0 Å². The highest BCUT2D eigenvalue weighted by molar-refractivity contribution is 9.10. The fourth-order valence-corrected chi connectivity index (χ4v) is 4.05. The highest BCUT2D eigenvalue weighted by Crippen LogP contribution is 2.27. The number of sulfonamides is 1. The minimum absolute atomic E-state index is 0.0182. The number of ether oxygens (including phenoxy) is 2. The topological polar surface area (TPSA) is 64.6 Å². The van der Waals surface area contributed by atoms with Crippen LogP contribution in [0.25, 0.3) is 0 Å². The summed E-state index contributed by atoms with van der Waals surface area (Å²) in [6, 6.07) is 14.6. The second kappa shape index (κ2) is 9.33. The summed E-state index contributed by atoms with van der Waals surface area (Å²) in [5, 5.41) is 0. The van der Waals surface area contributed by atoms with Crippen molar-refractivity contribution in [1.82, 2.24) is 4.72 Å². The van der Waals surface area contributed by atoms with Crippen molar-refractivity contribution < 1.29 is 17.9 Å². The Morgan fingerprint density at radius 3 is 2.52 bits per heavy atom. The molecule has 0 aliphatic heterocycles. The van der Waals surface area contributed by atoms with Gasteiger partial charge in [0.2, 0.25) is 10.0 Å². The van der Waals surface area contributed by atoms with Gasteiger partial charge >= 0.3 is 0 Å². The van der Waals surface area contributed by atoms with Gasteiger partial charge in [-0.15, -0.1) is 0 Å². The van der Waals surface area contributed by atoms with E-state index in [1.165, 1.54) is 19.2 Å². The molecule has 0 saturated heterocycles. The number of benzene rings is 2. The van der Waals surface area contributed by atoms with E-state index in [1.807, 2.05) is 37.3 Å². The average molecular weight is 428 g/mol. The van der Waals surface area contributed by atoms with Gasteiger partial charge in [0.1, 0.15) is 5.75 Å². The van der Waals surface area contributed by atoms with E-state index in [1.54, 1.807) is 6.07 Å². The zero-order valence-electron chi connectivity index (χ0n) is 14.2. The molecule has 0 aromatic heterocycles. The Morgan fingerprint density at radius 2 is 1.88 bits per heavy atom. The van der Waals surface area contributed by atoms with Crippen LogP contribution in [-0.4, -0.2) is 28.7 Å². The zero-order valence-corrected chi connectivity index (χ0v) is 16.6. The summed E-state index contributed by atoms with van der Waals surface area (Å²) >= 11 is 3.29. The first-order chi connectivity index (χ1) is 11.9. The fraction of sp³-hybridized carbons (Fsp3) is 0.333. The molecular formula is C18H22BrNO4S. The maximum atomic E-state index is 12.3. The predicted octanol–water partition coefficient (Wildman–Crippen LogP) is 3.90. The molecule has 0 fully saturated rings. The van der Waals surface area contributed by atoms with Crippen LogP contribution in [0.1, 0.15) is 25.0 Å². The maximum Gasteiger partial charge on any atom is 0.240 e. The minimum Gasteiger partial charge on any atom is -0.496 e. The van der Waals surface area contributed by atoms with E-state index in [4.69, 9.17) is 9.47 Å². The molecule has 2 aromatic carbocycles. The lowest BCUT2D eigenvalue weighted by atomic mass is 10.1. The maximum absolute atomic E-state index is 12.3. The number of halogens is 1. The first-order valence-corrected chi connectivity index (χ1v) is 10.2. The van der Waals surface area contributed by atoms with Gasteiger partial charge in [-0.25, -0.2) is 13.1 Å². The Hall–Kier alpha value is -1.41. The van der Waals surface area contributed by atoms with Gasteiger partial charge in [0.25, 0.3) is 0 Å².